The smallest absolute Gasteiger partial charge is 0.338 e. The van der Waals surface area contributed by atoms with Crippen LogP contribution >= 0.6 is 0 Å². The third-order valence-electron chi connectivity index (χ3n) is 3.68. The molecule has 0 amide bonds. The molecule has 0 saturated carbocycles. The summed E-state index contributed by atoms with van der Waals surface area (Å²) in [6, 6.07) is 1.52. The van der Waals surface area contributed by atoms with Crippen LogP contribution in [0.3, 0.4) is 0 Å². The Morgan fingerprint density at radius 3 is 2.50 bits per heavy atom. The Hall–Kier alpha value is -2.04. The fraction of sp³-hybridized carbons (Fsp3) is 0.500. The number of rotatable bonds is 7. The molecule has 9 nitrogen and oxygen atoms in total. The van der Waals surface area contributed by atoms with Crippen LogP contribution in [0.15, 0.2) is 17.0 Å². The van der Waals surface area contributed by atoms with E-state index in [-0.39, 0.29) is 29.2 Å². The van der Waals surface area contributed by atoms with Crippen LogP contribution in [0.25, 0.3) is 0 Å². The molecule has 0 fully saturated rings. The number of likely N-dealkylation sites (N-methyl/N-ethyl adjacent to an activating group) is 1. The van der Waals surface area contributed by atoms with Gasteiger partial charge in [0.05, 0.1) is 22.0 Å². The molecule has 10 heteroatoms. The normalized spacial score (nSPS) is 12.9. The van der Waals surface area contributed by atoms with E-state index in [1.807, 2.05) is 0 Å². The van der Waals surface area contributed by atoms with Gasteiger partial charge in [0.1, 0.15) is 0 Å². The zero-order valence-electron chi connectivity index (χ0n) is 14.0. The molecule has 1 aromatic rings. The maximum absolute atomic E-state index is 12.6. The van der Waals surface area contributed by atoms with Crippen LogP contribution in [-0.2, 0) is 14.8 Å². The van der Waals surface area contributed by atoms with Gasteiger partial charge in [-0.05, 0) is 26.8 Å². The first-order valence-electron chi connectivity index (χ1n) is 7.22. The van der Waals surface area contributed by atoms with E-state index in [4.69, 9.17) is 10.5 Å². The Kier molecular flexibility index (Phi) is 6.41. The maximum Gasteiger partial charge on any atom is 0.338 e. The van der Waals surface area contributed by atoms with Crippen LogP contribution in [0.1, 0.15) is 29.8 Å². The summed E-state index contributed by atoms with van der Waals surface area (Å²) in [4.78, 5) is 22.1. The van der Waals surface area contributed by atoms with E-state index >= 15 is 0 Å². The number of nitro groups is 1. The Bertz CT molecular complexity index is 747. The van der Waals surface area contributed by atoms with E-state index in [0.29, 0.717) is 0 Å². The van der Waals surface area contributed by atoms with Crippen molar-refractivity contribution in [3.05, 3.63) is 33.4 Å². The van der Waals surface area contributed by atoms with E-state index < -0.39 is 32.6 Å². The van der Waals surface area contributed by atoms with Crippen LogP contribution in [0.2, 0.25) is 0 Å². The topological polar surface area (TPSA) is 133 Å². The fourth-order valence-corrected chi connectivity index (χ4v) is 3.40. The molecule has 0 saturated heterocycles. The number of esters is 1. The first kappa shape index (κ1) is 20.0. The predicted molar refractivity (Wildman–Crippen MR) is 87.3 cm³/mol. The van der Waals surface area contributed by atoms with Crippen molar-refractivity contribution in [1.82, 2.24) is 4.31 Å². The zero-order valence-corrected chi connectivity index (χ0v) is 14.8. The Morgan fingerprint density at radius 1 is 1.46 bits per heavy atom. The molecular weight excluding hydrogens is 338 g/mol. The number of sulfonamides is 1. The standard InChI is InChI=1S/C14H21N3O6S/c1-5-23-14(18)12-6-11(7-13(10(12)3)17(19)20)24(21,22)16(4)9(2)8-15/h6-7,9H,5,8,15H2,1-4H3. The van der Waals surface area contributed by atoms with Crippen molar-refractivity contribution in [2.75, 3.05) is 20.2 Å². The highest BCUT2D eigenvalue weighted by Crippen LogP contribution is 2.28. The van der Waals surface area contributed by atoms with Crippen molar-refractivity contribution in [3.63, 3.8) is 0 Å². The number of nitro benzene ring substituents is 1. The van der Waals surface area contributed by atoms with Crippen LogP contribution in [0, 0.1) is 17.0 Å². The second-order valence-electron chi connectivity index (χ2n) is 5.20. The van der Waals surface area contributed by atoms with Crippen molar-refractivity contribution < 1.29 is 22.9 Å². The molecule has 0 aliphatic rings. The van der Waals surface area contributed by atoms with E-state index in [1.54, 1.807) is 13.8 Å². The minimum atomic E-state index is -4.05. The van der Waals surface area contributed by atoms with Gasteiger partial charge in [-0.2, -0.15) is 4.31 Å². The van der Waals surface area contributed by atoms with Gasteiger partial charge < -0.3 is 10.5 Å². The second-order valence-corrected chi connectivity index (χ2v) is 7.20. The molecule has 0 bridgehead atoms. The molecule has 0 aliphatic carbocycles. The minimum absolute atomic E-state index is 0.0481. The Morgan fingerprint density at radius 2 is 2.04 bits per heavy atom. The van der Waals surface area contributed by atoms with Gasteiger partial charge in [0, 0.05) is 31.3 Å². The fourth-order valence-electron chi connectivity index (χ4n) is 1.98. The largest absolute Gasteiger partial charge is 0.462 e. The summed E-state index contributed by atoms with van der Waals surface area (Å²) >= 11 is 0. The highest BCUT2D eigenvalue weighted by Gasteiger charge is 2.30. The van der Waals surface area contributed by atoms with Crippen molar-refractivity contribution in [1.29, 1.82) is 0 Å². The van der Waals surface area contributed by atoms with Gasteiger partial charge in [-0.1, -0.05) is 0 Å². The van der Waals surface area contributed by atoms with Crippen LogP contribution < -0.4 is 5.73 Å². The van der Waals surface area contributed by atoms with Gasteiger partial charge in [0.2, 0.25) is 10.0 Å². The summed E-state index contributed by atoms with van der Waals surface area (Å²) in [5.74, 6) is -0.815. The van der Waals surface area contributed by atoms with Gasteiger partial charge >= 0.3 is 5.97 Å². The molecule has 134 valence electrons. The predicted octanol–water partition coefficient (Wildman–Crippen LogP) is 1.05. The van der Waals surface area contributed by atoms with Gasteiger partial charge in [0.15, 0.2) is 0 Å². The SMILES string of the molecule is CCOC(=O)c1cc(S(=O)(=O)N(C)C(C)CN)cc([N+](=O)[O-])c1C. The average Bonchev–Trinajstić information content (AvgIpc) is 2.53. The van der Waals surface area contributed by atoms with E-state index in [9.17, 15) is 23.3 Å². The van der Waals surface area contributed by atoms with Gasteiger partial charge in [-0.3, -0.25) is 10.1 Å². The number of hydrogen-bond acceptors (Lipinski definition) is 7. The summed E-state index contributed by atoms with van der Waals surface area (Å²) in [5.41, 5.74) is 4.91. The monoisotopic (exact) mass is 359 g/mol. The zero-order chi connectivity index (χ0) is 18.7. The Balaban J connectivity index is 3.60. The number of hydrogen-bond donors (Lipinski definition) is 1. The Labute approximate surface area is 140 Å². The quantitative estimate of drug-likeness (QED) is 0.437. The number of carbonyl (C=O) groups excluding carboxylic acids is 1. The summed E-state index contributed by atoms with van der Waals surface area (Å²) in [7, 11) is -2.73. The summed E-state index contributed by atoms with van der Waals surface area (Å²) < 4.78 is 31.2. The third kappa shape index (κ3) is 3.89. The van der Waals surface area contributed by atoms with E-state index in [0.717, 1.165) is 16.4 Å². The molecule has 24 heavy (non-hydrogen) atoms. The average molecular weight is 359 g/mol. The molecule has 1 aromatic carbocycles. The first-order chi connectivity index (χ1) is 11.1. The second kappa shape index (κ2) is 7.69. The molecule has 0 aromatic heterocycles. The summed E-state index contributed by atoms with van der Waals surface area (Å²) in [6.45, 7) is 4.69. The molecule has 1 rings (SSSR count). The van der Waals surface area contributed by atoms with Crippen LogP contribution in [0.4, 0.5) is 5.69 Å². The van der Waals surface area contributed by atoms with Crippen LogP contribution in [-0.4, -0.2) is 49.9 Å². The van der Waals surface area contributed by atoms with Crippen molar-refractivity contribution in [2.45, 2.75) is 31.7 Å². The number of nitrogens with zero attached hydrogens (tertiary/aromatic N) is 2. The van der Waals surface area contributed by atoms with E-state index in [1.165, 1.54) is 14.0 Å². The highest BCUT2D eigenvalue weighted by molar-refractivity contribution is 7.89. The number of carbonyl (C=O) groups is 1. The third-order valence-corrected chi connectivity index (χ3v) is 5.63. The lowest BCUT2D eigenvalue weighted by molar-refractivity contribution is -0.385. The summed E-state index contributed by atoms with van der Waals surface area (Å²) in [6.07, 6.45) is 0. The lowest BCUT2D eigenvalue weighted by atomic mass is 10.1. The molecule has 1 unspecified atom stereocenters. The molecule has 0 heterocycles. The molecule has 0 radical (unpaired) electrons. The number of ether oxygens (including phenoxy) is 1. The lowest BCUT2D eigenvalue weighted by Crippen LogP contribution is -2.39. The first-order valence-corrected chi connectivity index (χ1v) is 8.66. The number of benzene rings is 1. The number of nitrogens with two attached hydrogens (primary N) is 1. The molecule has 1 atom stereocenters. The van der Waals surface area contributed by atoms with E-state index in [2.05, 4.69) is 0 Å². The van der Waals surface area contributed by atoms with Crippen molar-refractivity contribution in [3.8, 4) is 0 Å². The minimum Gasteiger partial charge on any atom is -0.462 e. The van der Waals surface area contributed by atoms with Gasteiger partial charge in [0.25, 0.3) is 5.69 Å². The molecule has 0 aliphatic heterocycles. The van der Waals surface area contributed by atoms with Crippen LogP contribution in [0.5, 0.6) is 0 Å². The van der Waals surface area contributed by atoms with Crippen molar-refractivity contribution >= 4 is 21.7 Å². The lowest BCUT2D eigenvalue weighted by Gasteiger charge is -2.23. The highest BCUT2D eigenvalue weighted by atomic mass is 32.2. The molecule has 2 N–H and O–H groups in total. The van der Waals surface area contributed by atoms with Gasteiger partial charge in [-0.25, -0.2) is 13.2 Å². The molecule has 0 spiro atoms. The maximum atomic E-state index is 12.6. The van der Waals surface area contributed by atoms with Crippen molar-refractivity contribution in [2.24, 2.45) is 5.73 Å². The molecular formula is C14H21N3O6S. The summed E-state index contributed by atoms with van der Waals surface area (Å²) in [5, 5.41) is 11.2. The van der Waals surface area contributed by atoms with Gasteiger partial charge in [-0.15, -0.1) is 0 Å².